The average molecular weight is 290 g/mol. The predicted octanol–water partition coefficient (Wildman–Crippen LogP) is -0.520. The summed E-state index contributed by atoms with van der Waals surface area (Å²) in [5.41, 5.74) is 4.04. The first kappa shape index (κ1) is 14.4. The Bertz CT molecular complexity index is 718. The van der Waals surface area contributed by atoms with Crippen molar-refractivity contribution in [3.63, 3.8) is 0 Å². The fourth-order valence-electron chi connectivity index (χ4n) is 1.76. The van der Waals surface area contributed by atoms with Crippen LogP contribution in [-0.2, 0) is 23.2 Å². The second-order valence-corrected chi connectivity index (χ2v) is 4.16. The van der Waals surface area contributed by atoms with Gasteiger partial charge < -0.3 is 4.74 Å². The van der Waals surface area contributed by atoms with Crippen molar-refractivity contribution in [2.24, 2.45) is 12.1 Å². The van der Waals surface area contributed by atoms with Crippen LogP contribution in [0.4, 0.5) is 0 Å². The molecule has 1 heterocycles. The number of amides is 1. The number of rotatable bonds is 6. The standard InChI is InChI=1S/C12H14N6O3/c1-9-4-3-5-11(18-12(20)17(2)15-16-18)10(9)6-21-8-14-13-7-19/h3-5,7-8H,6H2,1-2H3,(H,13,19). The first-order valence-corrected chi connectivity index (χ1v) is 6.05. The topological polar surface area (TPSA) is 103 Å². The lowest BCUT2D eigenvalue weighted by Gasteiger charge is -2.10. The van der Waals surface area contributed by atoms with Gasteiger partial charge in [0.2, 0.25) is 6.41 Å². The number of hydrazone groups is 1. The molecule has 0 bridgehead atoms. The van der Waals surface area contributed by atoms with Crippen LogP contribution < -0.4 is 11.1 Å². The highest BCUT2D eigenvalue weighted by Crippen LogP contribution is 2.17. The van der Waals surface area contributed by atoms with Crippen LogP contribution in [0.5, 0.6) is 0 Å². The van der Waals surface area contributed by atoms with Gasteiger partial charge in [0.05, 0.1) is 5.69 Å². The summed E-state index contributed by atoms with van der Waals surface area (Å²) in [5, 5.41) is 11.0. The SMILES string of the molecule is Cc1cccc(-n2nnn(C)c2=O)c1COC=NNC=O. The van der Waals surface area contributed by atoms with Crippen LogP contribution in [0.3, 0.4) is 0 Å². The minimum atomic E-state index is -0.349. The van der Waals surface area contributed by atoms with E-state index < -0.39 is 0 Å². The van der Waals surface area contributed by atoms with Crippen molar-refractivity contribution in [3.8, 4) is 5.69 Å². The van der Waals surface area contributed by atoms with E-state index in [1.54, 1.807) is 6.07 Å². The lowest BCUT2D eigenvalue weighted by molar-refractivity contribution is -0.109. The van der Waals surface area contributed by atoms with E-state index in [1.165, 1.54) is 11.7 Å². The van der Waals surface area contributed by atoms with E-state index in [4.69, 9.17) is 4.74 Å². The average Bonchev–Trinajstić information content (AvgIpc) is 2.80. The molecule has 0 aliphatic carbocycles. The summed E-state index contributed by atoms with van der Waals surface area (Å²) in [7, 11) is 1.52. The second-order valence-electron chi connectivity index (χ2n) is 4.16. The van der Waals surface area contributed by atoms with Gasteiger partial charge in [-0.2, -0.15) is 9.36 Å². The molecule has 0 saturated heterocycles. The van der Waals surface area contributed by atoms with E-state index in [2.05, 4.69) is 21.0 Å². The molecular weight excluding hydrogens is 276 g/mol. The fraction of sp³-hybridized carbons (Fsp3) is 0.250. The molecule has 0 atom stereocenters. The van der Waals surface area contributed by atoms with Gasteiger partial charge >= 0.3 is 5.69 Å². The molecule has 0 unspecified atom stereocenters. The molecule has 0 aliphatic rings. The number of hydrogen-bond donors (Lipinski definition) is 1. The third-order valence-electron chi connectivity index (χ3n) is 2.82. The van der Waals surface area contributed by atoms with Crippen molar-refractivity contribution in [2.45, 2.75) is 13.5 Å². The number of aromatic nitrogens is 4. The van der Waals surface area contributed by atoms with E-state index in [-0.39, 0.29) is 12.3 Å². The zero-order valence-electron chi connectivity index (χ0n) is 11.6. The lowest BCUT2D eigenvalue weighted by Crippen LogP contribution is -2.23. The number of ether oxygens (including phenoxy) is 1. The number of nitrogens with zero attached hydrogens (tertiary/aromatic N) is 5. The van der Waals surface area contributed by atoms with Crippen molar-refractivity contribution in [1.29, 1.82) is 0 Å². The molecule has 1 aromatic heterocycles. The summed E-state index contributed by atoms with van der Waals surface area (Å²) >= 11 is 0. The summed E-state index contributed by atoms with van der Waals surface area (Å²) in [5.74, 6) is 0. The fourth-order valence-corrected chi connectivity index (χ4v) is 1.76. The van der Waals surface area contributed by atoms with Gasteiger partial charge in [0.25, 0.3) is 0 Å². The van der Waals surface area contributed by atoms with E-state index in [0.717, 1.165) is 22.2 Å². The Hall–Kier alpha value is -2.97. The molecule has 21 heavy (non-hydrogen) atoms. The summed E-state index contributed by atoms with van der Waals surface area (Å²) in [6, 6.07) is 5.46. The van der Waals surface area contributed by atoms with Crippen LogP contribution in [0.2, 0.25) is 0 Å². The van der Waals surface area contributed by atoms with Gasteiger partial charge in [-0.1, -0.05) is 12.1 Å². The van der Waals surface area contributed by atoms with E-state index in [1.807, 2.05) is 19.1 Å². The molecule has 0 spiro atoms. The van der Waals surface area contributed by atoms with Gasteiger partial charge in [0.1, 0.15) is 6.61 Å². The Morgan fingerprint density at radius 1 is 1.43 bits per heavy atom. The molecule has 0 fully saturated rings. The Morgan fingerprint density at radius 3 is 2.90 bits per heavy atom. The zero-order valence-corrected chi connectivity index (χ0v) is 11.6. The highest BCUT2D eigenvalue weighted by Gasteiger charge is 2.12. The first-order valence-electron chi connectivity index (χ1n) is 6.05. The molecule has 0 radical (unpaired) electrons. The summed E-state index contributed by atoms with van der Waals surface area (Å²) in [4.78, 5) is 22.0. The van der Waals surface area contributed by atoms with Gasteiger partial charge in [-0.3, -0.25) is 4.79 Å². The largest absolute Gasteiger partial charge is 0.477 e. The number of tetrazole rings is 1. The van der Waals surface area contributed by atoms with Gasteiger partial charge in [-0.05, 0) is 29.0 Å². The Balaban J connectivity index is 2.30. The van der Waals surface area contributed by atoms with Crippen molar-refractivity contribution in [2.75, 3.05) is 0 Å². The van der Waals surface area contributed by atoms with Gasteiger partial charge in [0, 0.05) is 12.6 Å². The Kier molecular flexibility index (Phi) is 4.44. The van der Waals surface area contributed by atoms with Crippen LogP contribution in [0.25, 0.3) is 5.69 Å². The predicted molar refractivity (Wildman–Crippen MR) is 73.8 cm³/mol. The highest BCUT2D eigenvalue weighted by molar-refractivity contribution is 5.52. The molecule has 110 valence electrons. The summed E-state index contributed by atoms with van der Waals surface area (Å²) < 4.78 is 7.57. The number of nitrogens with one attached hydrogen (secondary N) is 1. The molecule has 2 aromatic rings. The third kappa shape index (κ3) is 3.14. The Labute approximate surface area is 119 Å². The molecule has 0 aliphatic heterocycles. The molecule has 2 rings (SSSR count). The molecular formula is C12H14N6O3. The minimum Gasteiger partial charge on any atom is -0.477 e. The maximum absolute atomic E-state index is 11.9. The van der Waals surface area contributed by atoms with Gasteiger partial charge in [-0.15, -0.1) is 5.10 Å². The summed E-state index contributed by atoms with van der Waals surface area (Å²) in [6.45, 7) is 2.07. The number of aryl methyl sites for hydroxylation is 2. The lowest BCUT2D eigenvalue weighted by atomic mass is 10.1. The second kappa shape index (κ2) is 6.46. The molecule has 1 aromatic carbocycles. The maximum atomic E-state index is 11.9. The van der Waals surface area contributed by atoms with Crippen LogP contribution in [0.1, 0.15) is 11.1 Å². The number of benzene rings is 1. The first-order chi connectivity index (χ1) is 10.1. The highest BCUT2D eigenvalue weighted by atomic mass is 16.5. The van der Waals surface area contributed by atoms with E-state index in [9.17, 15) is 9.59 Å². The van der Waals surface area contributed by atoms with Crippen LogP contribution in [0, 0.1) is 6.92 Å². The normalized spacial score (nSPS) is 10.8. The number of hydrogen-bond acceptors (Lipinski definition) is 6. The van der Waals surface area contributed by atoms with E-state index >= 15 is 0 Å². The monoisotopic (exact) mass is 290 g/mol. The van der Waals surface area contributed by atoms with Crippen molar-refractivity contribution < 1.29 is 9.53 Å². The molecule has 9 heteroatoms. The van der Waals surface area contributed by atoms with Crippen LogP contribution >= 0.6 is 0 Å². The zero-order chi connectivity index (χ0) is 15.2. The Morgan fingerprint density at radius 2 is 2.24 bits per heavy atom. The van der Waals surface area contributed by atoms with Crippen LogP contribution in [0.15, 0.2) is 28.1 Å². The molecule has 1 amide bonds. The maximum Gasteiger partial charge on any atom is 0.368 e. The number of carbonyl (C=O) groups is 1. The van der Waals surface area contributed by atoms with Crippen molar-refractivity contribution in [3.05, 3.63) is 39.8 Å². The smallest absolute Gasteiger partial charge is 0.368 e. The van der Waals surface area contributed by atoms with Crippen LogP contribution in [-0.4, -0.2) is 32.6 Å². The minimum absolute atomic E-state index is 0.176. The molecule has 9 nitrogen and oxygen atoms in total. The molecule has 1 N–H and O–H groups in total. The van der Waals surface area contributed by atoms with E-state index in [0.29, 0.717) is 12.1 Å². The van der Waals surface area contributed by atoms with Crippen molar-refractivity contribution >= 4 is 12.8 Å². The van der Waals surface area contributed by atoms with Crippen molar-refractivity contribution in [1.82, 2.24) is 25.2 Å². The summed E-state index contributed by atoms with van der Waals surface area (Å²) in [6.07, 6.45) is 1.54. The quantitative estimate of drug-likeness (QED) is 0.334. The van der Waals surface area contributed by atoms with Gasteiger partial charge in [0.15, 0.2) is 6.40 Å². The molecule has 0 saturated carbocycles. The third-order valence-corrected chi connectivity index (χ3v) is 2.82. The number of carbonyl (C=O) groups excluding carboxylic acids is 1. The van der Waals surface area contributed by atoms with Gasteiger partial charge in [-0.25, -0.2) is 10.2 Å².